The summed E-state index contributed by atoms with van der Waals surface area (Å²) in [6, 6.07) is 20.2. The maximum Gasteiger partial charge on any atom is 0.339 e. The van der Waals surface area contributed by atoms with Crippen molar-refractivity contribution in [3.8, 4) is 11.5 Å². The lowest BCUT2D eigenvalue weighted by Crippen LogP contribution is -2.41. The molecule has 4 aromatic carbocycles. The van der Waals surface area contributed by atoms with Crippen molar-refractivity contribution >= 4 is 52.2 Å². The molecule has 0 aliphatic heterocycles. The van der Waals surface area contributed by atoms with Crippen molar-refractivity contribution < 1.29 is 39.2 Å². The van der Waals surface area contributed by atoms with Crippen LogP contribution in [0.2, 0.25) is 0 Å². The molecular formula is C32H28N6O8. The Labute approximate surface area is 262 Å². The Morgan fingerprint density at radius 3 is 1.98 bits per heavy atom. The number of aromatic hydroxyl groups is 2. The number of methoxy groups -OCH3 is 1. The third-order valence-electron chi connectivity index (χ3n) is 6.36. The summed E-state index contributed by atoms with van der Waals surface area (Å²) < 4.78 is 4.74. The number of carbonyl (C=O) groups excluding carboxylic acids is 3. The molecule has 5 N–H and O–H groups in total. The Kier molecular flexibility index (Phi) is 10.5. The first kappa shape index (κ1) is 32.5. The van der Waals surface area contributed by atoms with Crippen molar-refractivity contribution in [1.82, 2.24) is 5.32 Å². The molecule has 2 amide bonds. The van der Waals surface area contributed by atoms with E-state index in [1.54, 1.807) is 60.7 Å². The van der Waals surface area contributed by atoms with E-state index in [0.29, 0.717) is 28.2 Å². The Bertz CT molecular complexity index is 1820. The number of phenols is 2. The molecule has 1 unspecified atom stereocenters. The van der Waals surface area contributed by atoms with Crippen molar-refractivity contribution in [2.45, 2.75) is 19.4 Å². The molecule has 1 atom stereocenters. The quantitative estimate of drug-likeness (QED) is 0.0969. The number of carbonyl (C=O) groups is 4. The number of azo groups is 2. The first-order valence-corrected chi connectivity index (χ1v) is 13.6. The predicted octanol–water partition coefficient (Wildman–Crippen LogP) is 6.10. The van der Waals surface area contributed by atoms with Crippen LogP contribution in [0, 0.1) is 0 Å². The first-order chi connectivity index (χ1) is 22.0. The zero-order valence-electron chi connectivity index (χ0n) is 24.5. The third-order valence-corrected chi connectivity index (χ3v) is 6.36. The molecular weight excluding hydrogens is 596 g/mol. The maximum absolute atomic E-state index is 12.7. The molecule has 0 aromatic heterocycles. The normalized spacial score (nSPS) is 11.7. The lowest BCUT2D eigenvalue weighted by atomic mass is 10.0. The topological polar surface area (TPSA) is 212 Å². The van der Waals surface area contributed by atoms with Crippen LogP contribution in [0.25, 0.3) is 0 Å². The second-order valence-electron chi connectivity index (χ2n) is 9.76. The lowest BCUT2D eigenvalue weighted by Gasteiger charge is -2.15. The van der Waals surface area contributed by atoms with Gasteiger partial charge in [0.05, 0.1) is 24.2 Å². The van der Waals surface area contributed by atoms with E-state index >= 15 is 0 Å². The van der Waals surface area contributed by atoms with Gasteiger partial charge in [-0.1, -0.05) is 6.07 Å². The van der Waals surface area contributed by atoms with Crippen LogP contribution in [0.5, 0.6) is 11.5 Å². The van der Waals surface area contributed by atoms with E-state index in [1.165, 1.54) is 38.3 Å². The van der Waals surface area contributed by atoms with Crippen LogP contribution in [-0.2, 0) is 20.7 Å². The van der Waals surface area contributed by atoms with Gasteiger partial charge in [0.25, 0.3) is 5.91 Å². The van der Waals surface area contributed by atoms with Gasteiger partial charge in [0.1, 0.15) is 28.8 Å². The fourth-order valence-corrected chi connectivity index (χ4v) is 4.07. The van der Waals surface area contributed by atoms with Crippen molar-refractivity contribution in [2.75, 3.05) is 12.4 Å². The Balaban J connectivity index is 1.37. The van der Waals surface area contributed by atoms with E-state index in [2.05, 4.69) is 31.1 Å². The standard InChI is InChI=1S/C32H28N6O8/c1-18(39)33-27(32(45)46-2)16-19-3-13-29(41)26(15-19)38-36-23-10-8-21(9-11-23)34-30(42)20-4-6-22(7-5-20)35-37-24-12-14-28(40)25(17-24)31(43)44/h3-15,17,27,40-41H,16H2,1-2H3,(H,33,39)(H,34,42)(H,43,44). The van der Waals surface area contributed by atoms with Crippen LogP contribution < -0.4 is 10.6 Å². The first-order valence-electron chi connectivity index (χ1n) is 13.6. The highest BCUT2D eigenvalue weighted by Crippen LogP contribution is 2.30. The second-order valence-corrected chi connectivity index (χ2v) is 9.76. The van der Waals surface area contributed by atoms with Gasteiger partial charge < -0.3 is 30.7 Å². The number of nitrogens with one attached hydrogen (secondary N) is 2. The van der Waals surface area contributed by atoms with Crippen LogP contribution in [0.3, 0.4) is 0 Å². The van der Waals surface area contributed by atoms with Gasteiger partial charge in [0, 0.05) is 24.6 Å². The minimum atomic E-state index is -1.29. The molecule has 0 bridgehead atoms. The van der Waals surface area contributed by atoms with E-state index in [1.807, 2.05) is 0 Å². The number of aromatic carboxylic acids is 1. The summed E-state index contributed by atoms with van der Waals surface area (Å²) in [5.41, 5.74) is 2.40. The van der Waals surface area contributed by atoms with E-state index in [9.17, 15) is 29.4 Å². The molecule has 4 aromatic rings. The van der Waals surface area contributed by atoms with Gasteiger partial charge in [-0.25, -0.2) is 9.59 Å². The fraction of sp³-hybridized carbons (Fsp3) is 0.125. The maximum atomic E-state index is 12.7. The zero-order valence-corrected chi connectivity index (χ0v) is 24.5. The fourth-order valence-electron chi connectivity index (χ4n) is 4.07. The van der Waals surface area contributed by atoms with Gasteiger partial charge >= 0.3 is 11.9 Å². The third kappa shape index (κ3) is 8.79. The number of hydrogen-bond donors (Lipinski definition) is 5. The van der Waals surface area contributed by atoms with Crippen LogP contribution in [-0.4, -0.2) is 52.2 Å². The second kappa shape index (κ2) is 14.8. The molecule has 14 nitrogen and oxygen atoms in total. The summed E-state index contributed by atoms with van der Waals surface area (Å²) >= 11 is 0. The zero-order chi connectivity index (χ0) is 33.2. The number of esters is 1. The van der Waals surface area contributed by atoms with E-state index in [0.717, 1.165) is 0 Å². The summed E-state index contributed by atoms with van der Waals surface area (Å²) in [6.45, 7) is 1.29. The molecule has 0 aliphatic carbocycles. The number of carboxylic acid groups (broad SMARTS) is 1. The minimum absolute atomic E-state index is 0.117. The number of nitrogens with zero attached hydrogens (tertiary/aromatic N) is 4. The van der Waals surface area contributed by atoms with Crippen LogP contribution >= 0.6 is 0 Å². The van der Waals surface area contributed by atoms with Crippen molar-refractivity contribution in [3.63, 3.8) is 0 Å². The van der Waals surface area contributed by atoms with Gasteiger partial charge in [0.2, 0.25) is 5.91 Å². The largest absolute Gasteiger partial charge is 0.507 e. The summed E-state index contributed by atoms with van der Waals surface area (Å²) in [6.07, 6.45) is 0.117. The molecule has 0 saturated carbocycles. The number of amides is 2. The highest BCUT2D eigenvalue weighted by atomic mass is 16.5. The number of phenolic OH excluding ortho intramolecular Hbond substituents is 1. The summed E-state index contributed by atoms with van der Waals surface area (Å²) in [4.78, 5) is 47.4. The Hall–Kier alpha value is -6.44. The van der Waals surface area contributed by atoms with Crippen molar-refractivity contribution in [2.24, 2.45) is 20.5 Å². The van der Waals surface area contributed by atoms with Gasteiger partial charge in [-0.15, -0.1) is 5.11 Å². The number of carboxylic acids is 1. The molecule has 0 spiro atoms. The van der Waals surface area contributed by atoms with Gasteiger partial charge in [-0.05, 0) is 84.4 Å². The number of rotatable bonds is 11. The molecule has 0 heterocycles. The highest BCUT2D eigenvalue weighted by molar-refractivity contribution is 6.04. The van der Waals surface area contributed by atoms with Crippen molar-refractivity contribution in [1.29, 1.82) is 0 Å². The summed E-state index contributed by atoms with van der Waals surface area (Å²) in [5, 5.41) is 50.5. The van der Waals surface area contributed by atoms with Crippen LogP contribution in [0.4, 0.5) is 28.4 Å². The van der Waals surface area contributed by atoms with Gasteiger partial charge in [-0.3, -0.25) is 9.59 Å². The molecule has 0 saturated heterocycles. The molecule has 0 fully saturated rings. The predicted molar refractivity (Wildman–Crippen MR) is 166 cm³/mol. The Morgan fingerprint density at radius 1 is 0.761 bits per heavy atom. The highest BCUT2D eigenvalue weighted by Gasteiger charge is 2.21. The van der Waals surface area contributed by atoms with E-state index in [-0.39, 0.29) is 40.8 Å². The summed E-state index contributed by atoms with van der Waals surface area (Å²) in [5.74, 6) is -3.18. The number of anilines is 1. The number of hydrogen-bond acceptors (Lipinski definition) is 11. The molecule has 4 rings (SSSR count). The van der Waals surface area contributed by atoms with Crippen LogP contribution in [0.15, 0.2) is 105 Å². The van der Waals surface area contributed by atoms with Gasteiger partial charge in [0.15, 0.2) is 0 Å². The minimum Gasteiger partial charge on any atom is -0.507 e. The SMILES string of the molecule is COC(=O)C(Cc1ccc(O)c(N=Nc2ccc(NC(=O)c3ccc(N=Nc4ccc(O)c(C(=O)O)c4)cc3)cc2)c1)NC(C)=O. The number of ether oxygens (including phenoxy) is 1. The van der Waals surface area contributed by atoms with E-state index in [4.69, 9.17) is 9.84 Å². The van der Waals surface area contributed by atoms with Crippen molar-refractivity contribution in [3.05, 3.63) is 102 Å². The average molecular weight is 625 g/mol. The van der Waals surface area contributed by atoms with Crippen LogP contribution in [0.1, 0.15) is 33.2 Å². The smallest absolute Gasteiger partial charge is 0.339 e. The monoisotopic (exact) mass is 624 g/mol. The molecule has 46 heavy (non-hydrogen) atoms. The molecule has 0 aliphatic rings. The average Bonchev–Trinajstić information content (AvgIpc) is 3.04. The van der Waals surface area contributed by atoms with E-state index < -0.39 is 23.9 Å². The molecule has 14 heteroatoms. The molecule has 234 valence electrons. The lowest BCUT2D eigenvalue weighted by molar-refractivity contribution is -0.144. The molecule has 0 radical (unpaired) electrons. The van der Waals surface area contributed by atoms with Gasteiger partial charge in [-0.2, -0.15) is 15.3 Å². The summed E-state index contributed by atoms with van der Waals surface area (Å²) in [7, 11) is 1.22. The Morgan fingerprint density at radius 2 is 1.35 bits per heavy atom. The number of benzene rings is 4.